The summed E-state index contributed by atoms with van der Waals surface area (Å²) in [5, 5.41) is 12.2. The number of aromatic amines is 1. The number of aromatic nitrogens is 6. The number of hydrogen-bond donors (Lipinski definition) is 1. The van der Waals surface area contributed by atoms with Gasteiger partial charge in [0.2, 0.25) is 0 Å². The van der Waals surface area contributed by atoms with Crippen molar-refractivity contribution in [2.45, 2.75) is 44.6 Å². The van der Waals surface area contributed by atoms with E-state index < -0.39 is 5.60 Å². The van der Waals surface area contributed by atoms with Crippen LogP contribution < -0.4 is 4.74 Å². The Hall–Kier alpha value is -3.26. The predicted octanol–water partition coefficient (Wildman–Crippen LogP) is 3.68. The van der Waals surface area contributed by atoms with E-state index in [9.17, 15) is 0 Å². The molecule has 1 aliphatic carbocycles. The molecule has 4 aromatic rings. The summed E-state index contributed by atoms with van der Waals surface area (Å²) in [5.41, 5.74) is 2.56. The smallest absolute Gasteiger partial charge is 0.184 e. The van der Waals surface area contributed by atoms with E-state index in [-0.39, 0.29) is 5.92 Å². The summed E-state index contributed by atoms with van der Waals surface area (Å²) in [6.45, 7) is 7.41. The van der Waals surface area contributed by atoms with Crippen molar-refractivity contribution in [2.75, 3.05) is 13.2 Å². The zero-order chi connectivity index (χ0) is 21.9. The van der Waals surface area contributed by atoms with Crippen LogP contribution in [0.3, 0.4) is 0 Å². The Bertz CT molecular complexity index is 1280. The first-order valence-corrected chi connectivity index (χ1v) is 11.1. The van der Waals surface area contributed by atoms with Gasteiger partial charge in [-0.3, -0.25) is 5.10 Å². The zero-order valence-electron chi connectivity index (χ0n) is 18.4. The Morgan fingerprint density at radius 1 is 1.25 bits per heavy atom. The Balaban J connectivity index is 1.27. The van der Waals surface area contributed by atoms with Gasteiger partial charge in [0, 0.05) is 5.92 Å². The summed E-state index contributed by atoms with van der Waals surface area (Å²) in [6, 6.07) is 12.4. The highest BCUT2D eigenvalue weighted by atomic mass is 16.5. The summed E-state index contributed by atoms with van der Waals surface area (Å²) >= 11 is 0. The fourth-order valence-corrected chi connectivity index (χ4v) is 5.10. The van der Waals surface area contributed by atoms with E-state index in [1.165, 1.54) is 5.56 Å². The predicted molar refractivity (Wildman–Crippen MR) is 118 cm³/mol. The molecule has 8 nitrogen and oxygen atoms in total. The molecule has 3 fully saturated rings. The molecule has 1 N–H and O–H groups in total. The molecule has 164 valence electrons. The third-order valence-electron chi connectivity index (χ3n) is 6.83. The number of pyridine rings is 1. The SMILES string of the molecule is Cc1nc(C2C3COC2(c2nc4c(C)cc(OC[C@H](C)c5ccccc5)cn4n2)C3)n[nH]1. The molecule has 32 heavy (non-hydrogen) atoms. The molecular weight excluding hydrogens is 404 g/mol. The molecule has 2 saturated heterocycles. The molecule has 8 heteroatoms. The highest BCUT2D eigenvalue weighted by Crippen LogP contribution is 2.63. The van der Waals surface area contributed by atoms with Gasteiger partial charge < -0.3 is 9.47 Å². The number of aryl methyl sites for hydroxylation is 2. The maximum absolute atomic E-state index is 6.24. The lowest BCUT2D eigenvalue weighted by atomic mass is 9.63. The van der Waals surface area contributed by atoms with Crippen LogP contribution >= 0.6 is 0 Å². The Kier molecular flexibility index (Phi) is 4.33. The third kappa shape index (κ3) is 2.93. The van der Waals surface area contributed by atoms with Crippen LogP contribution in [0.2, 0.25) is 0 Å². The maximum atomic E-state index is 6.24. The molecule has 0 radical (unpaired) electrons. The zero-order valence-corrected chi connectivity index (χ0v) is 18.4. The summed E-state index contributed by atoms with van der Waals surface area (Å²) < 4.78 is 14.2. The largest absolute Gasteiger partial charge is 0.491 e. The van der Waals surface area contributed by atoms with Crippen LogP contribution in [-0.2, 0) is 10.3 Å². The molecule has 0 spiro atoms. The van der Waals surface area contributed by atoms with Crippen LogP contribution in [0.4, 0.5) is 0 Å². The number of fused-ring (bicyclic) bond motifs is 2. The van der Waals surface area contributed by atoms with Gasteiger partial charge in [-0.05, 0) is 43.4 Å². The molecule has 0 amide bonds. The average Bonchev–Trinajstić information content (AvgIpc) is 3.55. The Morgan fingerprint density at radius 2 is 2.09 bits per heavy atom. The van der Waals surface area contributed by atoms with Gasteiger partial charge in [-0.1, -0.05) is 37.3 Å². The normalized spacial score (nSPS) is 25.1. The van der Waals surface area contributed by atoms with Gasteiger partial charge >= 0.3 is 0 Å². The minimum Gasteiger partial charge on any atom is -0.491 e. The fraction of sp³-hybridized carbons (Fsp3) is 0.417. The lowest BCUT2D eigenvalue weighted by molar-refractivity contribution is -0.0345. The van der Waals surface area contributed by atoms with Crippen molar-refractivity contribution in [3.63, 3.8) is 0 Å². The van der Waals surface area contributed by atoms with E-state index >= 15 is 0 Å². The quantitative estimate of drug-likeness (QED) is 0.502. The number of nitrogens with one attached hydrogen (secondary N) is 1. The second-order valence-corrected chi connectivity index (χ2v) is 9.11. The monoisotopic (exact) mass is 430 g/mol. The van der Waals surface area contributed by atoms with Crippen molar-refractivity contribution in [2.24, 2.45) is 5.92 Å². The van der Waals surface area contributed by atoms with Crippen molar-refractivity contribution in [1.29, 1.82) is 0 Å². The maximum Gasteiger partial charge on any atom is 0.184 e. The van der Waals surface area contributed by atoms with E-state index in [4.69, 9.17) is 19.6 Å². The summed E-state index contributed by atoms with van der Waals surface area (Å²) in [5.74, 6) is 3.89. The van der Waals surface area contributed by atoms with Gasteiger partial charge in [-0.15, -0.1) is 5.10 Å². The van der Waals surface area contributed by atoms with Gasteiger partial charge in [0.25, 0.3) is 0 Å². The van der Waals surface area contributed by atoms with Crippen LogP contribution in [0.1, 0.15) is 53.8 Å². The first-order valence-electron chi connectivity index (χ1n) is 11.1. The van der Waals surface area contributed by atoms with E-state index in [1.54, 1.807) is 0 Å². The number of ether oxygens (including phenoxy) is 2. The summed E-state index contributed by atoms with van der Waals surface area (Å²) in [6.07, 6.45) is 2.81. The molecule has 3 aromatic heterocycles. The van der Waals surface area contributed by atoms with Gasteiger partial charge in [0.1, 0.15) is 17.2 Å². The van der Waals surface area contributed by atoms with E-state index in [0.717, 1.165) is 35.0 Å². The summed E-state index contributed by atoms with van der Waals surface area (Å²) in [7, 11) is 0. The lowest BCUT2D eigenvalue weighted by Gasteiger charge is -2.41. The fourth-order valence-electron chi connectivity index (χ4n) is 5.10. The lowest BCUT2D eigenvalue weighted by Crippen LogP contribution is -2.44. The first kappa shape index (κ1) is 19.4. The Labute approximate surface area is 186 Å². The van der Waals surface area contributed by atoms with E-state index in [1.807, 2.05) is 36.7 Å². The molecule has 2 bridgehead atoms. The molecular formula is C24H26N6O2. The van der Waals surface area contributed by atoms with E-state index in [2.05, 4.69) is 46.4 Å². The molecule has 1 saturated carbocycles. The molecule has 4 atom stereocenters. The van der Waals surface area contributed by atoms with Crippen molar-refractivity contribution >= 4 is 5.65 Å². The average molecular weight is 431 g/mol. The van der Waals surface area contributed by atoms with Gasteiger partial charge in [0.05, 0.1) is 25.3 Å². The molecule has 2 aliphatic heterocycles. The van der Waals surface area contributed by atoms with Gasteiger partial charge in [-0.25, -0.2) is 14.5 Å². The summed E-state index contributed by atoms with van der Waals surface area (Å²) in [4.78, 5) is 9.44. The number of H-pyrrole nitrogens is 1. The van der Waals surface area contributed by atoms with Crippen LogP contribution in [0.15, 0.2) is 42.6 Å². The number of benzene rings is 1. The Morgan fingerprint density at radius 3 is 2.84 bits per heavy atom. The second-order valence-electron chi connectivity index (χ2n) is 9.11. The van der Waals surface area contributed by atoms with E-state index in [0.29, 0.717) is 30.9 Å². The molecule has 3 aliphatic rings. The third-order valence-corrected chi connectivity index (χ3v) is 6.83. The van der Waals surface area contributed by atoms with Crippen molar-refractivity contribution < 1.29 is 9.47 Å². The molecule has 1 aromatic carbocycles. The van der Waals surface area contributed by atoms with Gasteiger partial charge in [0.15, 0.2) is 17.3 Å². The molecule has 3 unspecified atom stereocenters. The van der Waals surface area contributed by atoms with Crippen LogP contribution in [0.25, 0.3) is 5.65 Å². The van der Waals surface area contributed by atoms with Crippen molar-refractivity contribution in [3.8, 4) is 5.75 Å². The number of hydrogen-bond acceptors (Lipinski definition) is 6. The second kappa shape index (κ2) is 7.13. The van der Waals surface area contributed by atoms with Crippen molar-refractivity contribution in [1.82, 2.24) is 29.8 Å². The molecule has 5 heterocycles. The topological polar surface area (TPSA) is 90.2 Å². The minimum atomic E-state index is -0.541. The van der Waals surface area contributed by atoms with Crippen LogP contribution in [0, 0.1) is 19.8 Å². The van der Waals surface area contributed by atoms with Crippen molar-refractivity contribution in [3.05, 3.63) is 71.2 Å². The first-order chi connectivity index (χ1) is 15.5. The van der Waals surface area contributed by atoms with Crippen LogP contribution in [-0.4, -0.2) is 43.0 Å². The highest BCUT2D eigenvalue weighted by Gasteiger charge is 2.66. The minimum absolute atomic E-state index is 0.0904. The standard InChI is InChI=1S/C24H26N6O2/c1-14-9-19(31-12-15(2)17-7-5-4-6-8-17)11-30-22(14)26-23(29-30)24-10-18(13-32-24)20(24)21-25-16(3)27-28-21/h4-9,11,15,18,20H,10,12-13H2,1-3H3,(H,25,27,28)/t15-,18?,20?,24?/m0/s1. The van der Waals surface area contributed by atoms with Gasteiger partial charge in [-0.2, -0.15) is 5.10 Å². The highest BCUT2D eigenvalue weighted by molar-refractivity contribution is 5.50. The number of nitrogens with zero attached hydrogens (tertiary/aromatic N) is 5. The number of rotatable bonds is 6. The van der Waals surface area contributed by atoms with Crippen LogP contribution in [0.5, 0.6) is 5.75 Å². The molecule has 7 rings (SSSR count).